The zero-order valence-corrected chi connectivity index (χ0v) is 17.9. The zero-order chi connectivity index (χ0) is 22.4. The summed E-state index contributed by atoms with van der Waals surface area (Å²) in [6.07, 6.45) is 0. The highest BCUT2D eigenvalue weighted by Gasteiger charge is 2.27. The van der Waals surface area contributed by atoms with Gasteiger partial charge < -0.3 is 10.2 Å². The summed E-state index contributed by atoms with van der Waals surface area (Å²) in [4.78, 5) is 0. The summed E-state index contributed by atoms with van der Waals surface area (Å²) in [5.74, 6) is 0.0881. The molecule has 0 aliphatic rings. The van der Waals surface area contributed by atoms with Crippen molar-refractivity contribution in [3.63, 3.8) is 0 Å². The Morgan fingerprint density at radius 3 is 1.45 bits per heavy atom. The van der Waals surface area contributed by atoms with Gasteiger partial charge in [-0.15, -0.1) is 0 Å². The quantitative estimate of drug-likeness (QED) is 0.284. The third-order valence-corrected chi connectivity index (χ3v) is 6.58. The Hall–Kier alpha value is -4.30. The number of fused-ring (bicyclic) bond motifs is 3. The van der Waals surface area contributed by atoms with Gasteiger partial charge in [0.15, 0.2) is 0 Å². The zero-order valence-electron chi connectivity index (χ0n) is 17.9. The first-order valence-corrected chi connectivity index (χ1v) is 11.1. The van der Waals surface area contributed by atoms with Gasteiger partial charge in [0.1, 0.15) is 11.5 Å². The van der Waals surface area contributed by atoms with E-state index in [2.05, 4.69) is 42.5 Å². The van der Waals surface area contributed by atoms with E-state index in [-0.39, 0.29) is 17.4 Å². The summed E-state index contributed by atoms with van der Waals surface area (Å²) in [7, 11) is 0. The van der Waals surface area contributed by atoms with Crippen molar-refractivity contribution < 1.29 is 10.2 Å². The van der Waals surface area contributed by atoms with Gasteiger partial charge in [-0.25, -0.2) is 0 Å². The first-order valence-electron chi connectivity index (χ1n) is 11.1. The van der Waals surface area contributed by atoms with Crippen LogP contribution in [-0.2, 0) is 0 Å². The van der Waals surface area contributed by atoms with E-state index >= 15 is 0 Å². The molecule has 2 nitrogen and oxygen atoms in total. The normalized spacial score (nSPS) is 11.5. The molecule has 2 N–H and O–H groups in total. The van der Waals surface area contributed by atoms with Gasteiger partial charge in [0.05, 0.1) is 0 Å². The van der Waals surface area contributed by atoms with Crippen molar-refractivity contribution in [2.45, 2.75) is 5.92 Å². The third kappa shape index (κ3) is 3.19. The number of benzene rings is 6. The number of rotatable bonds is 3. The molecule has 6 aromatic carbocycles. The van der Waals surface area contributed by atoms with Crippen LogP contribution in [0.5, 0.6) is 11.5 Å². The molecule has 6 rings (SSSR count). The number of phenols is 2. The topological polar surface area (TPSA) is 40.5 Å². The maximum atomic E-state index is 11.2. The van der Waals surface area contributed by atoms with Gasteiger partial charge in [-0.05, 0) is 50.0 Å². The smallest absolute Gasteiger partial charge is 0.120 e. The fourth-order valence-electron chi connectivity index (χ4n) is 5.04. The highest BCUT2D eigenvalue weighted by molar-refractivity contribution is 5.94. The maximum absolute atomic E-state index is 11.2. The second-order valence-corrected chi connectivity index (χ2v) is 8.48. The van der Waals surface area contributed by atoms with E-state index in [0.717, 1.165) is 49.0 Å². The Morgan fingerprint density at radius 2 is 0.879 bits per heavy atom. The monoisotopic (exact) mass is 426 g/mol. The minimum Gasteiger partial charge on any atom is -0.508 e. The predicted molar refractivity (Wildman–Crippen MR) is 136 cm³/mol. The largest absolute Gasteiger partial charge is 0.508 e. The van der Waals surface area contributed by atoms with Crippen LogP contribution in [0.25, 0.3) is 32.3 Å². The Balaban J connectivity index is 1.75. The molecular formula is C31H22O2. The van der Waals surface area contributed by atoms with Crippen LogP contribution in [0.1, 0.15) is 22.6 Å². The van der Waals surface area contributed by atoms with Crippen molar-refractivity contribution in [2.75, 3.05) is 0 Å². The van der Waals surface area contributed by atoms with Crippen LogP contribution in [0.4, 0.5) is 0 Å². The van der Waals surface area contributed by atoms with Crippen LogP contribution < -0.4 is 0 Å². The number of hydrogen-bond acceptors (Lipinski definition) is 2. The molecule has 0 saturated heterocycles. The summed E-state index contributed by atoms with van der Waals surface area (Å²) in [5.41, 5.74) is 2.62. The average molecular weight is 427 g/mol. The lowest BCUT2D eigenvalue weighted by molar-refractivity contribution is 0.460. The van der Waals surface area contributed by atoms with Gasteiger partial charge >= 0.3 is 0 Å². The molecule has 158 valence electrons. The molecule has 0 bridgehead atoms. The molecule has 33 heavy (non-hydrogen) atoms. The number of aromatic hydroxyl groups is 2. The molecule has 0 heterocycles. The van der Waals surface area contributed by atoms with Crippen molar-refractivity contribution >= 4 is 32.3 Å². The molecule has 0 aliphatic heterocycles. The van der Waals surface area contributed by atoms with Crippen LogP contribution in [0.3, 0.4) is 0 Å². The molecule has 0 radical (unpaired) electrons. The molecule has 0 amide bonds. The molecule has 0 atom stereocenters. The highest BCUT2D eigenvalue weighted by Crippen LogP contribution is 2.46. The predicted octanol–water partition coefficient (Wildman–Crippen LogP) is 7.74. The van der Waals surface area contributed by atoms with Crippen LogP contribution in [-0.4, -0.2) is 10.2 Å². The van der Waals surface area contributed by atoms with Gasteiger partial charge in [0.2, 0.25) is 0 Å². The minimum absolute atomic E-state index is 0.221. The van der Waals surface area contributed by atoms with Crippen LogP contribution in [0.15, 0.2) is 115 Å². The molecule has 0 fully saturated rings. The van der Waals surface area contributed by atoms with E-state index in [1.165, 1.54) is 0 Å². The summed E-state index contributed by atoms with van der Waals surface area (Å²) in [6, 6.07) is 38.2. The molecular weight excluding hydrogens is 404 g/mol. The fraction of sp³-hybridized carbons (Fsp3) is 0.0323. The second kappa shape index (κ2) is 7.68. The summed E-state index contributed by atoms with van der Waals surface area (Å²) in [5, 5.41) is 28.7. The first kappa shape index (κ1) is 19.4. The van der Waals surface area contributed by atoms with E-state index in [1.807, 2.05) is 60.7 Å². The molecule has 0 aromatic heterocycles. The fourth-order valence-corrected chi connectivity index (χ4v) is 5.04. The SMILES string of the molecule is Oc1ccc2ccccc2c1C(c1ccc2ccccc2c1)c1c(O)ccc2ccccc12. The highest BCUT2D eigenvalue weighted by atomic mass is 16.3. The van der Waals surface area contributed by atoms with Crippen LogP contribution >= 0.6 is 0 Å². The Morgan fingerprint density at radius 1 is 0.424 bits per heavy atom. The molecule has 0 saturated carbocycles. The summed E-state index contributed by atoms with van der Waals surface area (Å²) < 4.78 is 0. The number of hydrogen-bond donors (Lipinski definition) is 2. The molecule has 6 aromatic rings. The van der Waals surface area contributed by atoms with Crippen LogP contribution in [0.2, 0.25) is 0 Å². The van der Waals surface area contributed by atoms with Crippen molar-refractivity contribution in [3.05, 3.63) is 132 Å². The molecule has 0 spiro atoms. The standard InChI is InChI=1S/C31H22O2/c32-27-17-15-21-8-3-5-11-25(21)30(27)29(24-14-13-20-7-1-2-10-23(20)19-24)31-26-12-6-4-9-22(26)16-18-28(31)33/h1-19,29,32-33H. The van der Waals surface area contributed by atoms with Crippen molar-refractivity contribution in [2.24, 2.45) is 0 Å². The number of phenolic OH excluding ortho intramolecular Hbond substituents is 2. The van der Waals surface area contributed by atoms with E-state index in [1.54, 1.807) is 12.1 Å². The maximum Gasteiger partial charge on any atom is 0.120 e. The average Bonchev–Trinajstić information content (AvgIpc) is 2.86. The van der Waals surface area contributed by atoms with Crippen LogP contribution in [0, 0.1) is 0 Å². The lowest BCUT2D eigenvalue weighted by Gasteiger charge is -2.24. The lowest BCUT2D eigenvalue weighted by Crippen LogP contribution is -2.06. The second-order valence-electron chi connectivity index (χ2n) is 8.48. The van der Waals surface area contributed by atoms with Gasteiger partial charge in [-0.3, -0.25) is 0 Å². The van der Waals surface area contributed by atoms with E-state index in [0.29, 0.717) is 0 Å². The molecule has 0 aliphatic carbocycles. The van der Waals surface area contributed by atoms with E-state index < -0.39 is 0 Å². The minimum atomic E-state index is -0.355. The molecule has 2 heteroatoms. The van der Waals surface area contributed by atoms with Crippen molar-refractivity contribution in [1.82, 2.24) is 0 Å². The Labute approximate surface area is 192 Å². The van der Waals surface area contributed by atoms with Gasteiger partial charge in [-0.1, -0.05) is 103 Å². The van der Waals surface area contributed by atoms with Gasteiger partial charge in [-0.2, -0.15) is 0 Å². The summed E-state index contributed by atoms with van der Waals surface area (Å²) >= 11 is 0. The molecule has 0 unspecified atom stereocenters. The van der Waals surface area contributed by atoms with Gasteiger partial charge in [0, 0.05) is 17.0 Å². The Kier molecular flexibility index (Phi) is 4.51. The van der Waals surface area contributed by atoms with Crippen molar-refractivity contribution in [3.8, 4) is 11.5 Å². The van der Waals surface area contributed by atoms with E-state index in [4.69, 9.17) is 0 Å². The lowest BCUT2D eigenvalue weighted by atomic mass is 9.79. The first-order chi connectivity index (χ1) is 16.2. The van der Waals surface area contributed by atoms with Gasteiger partial charge in [0.25, 0.3) is 0 Å². The third-order valence-electron chi connectivity index (χ3n) is 6.58. The summed E-state index contributed by atoms with van der Waals surface area (Å²) in [6.45, 7) is 0. The Bertz CT molecular complexity index is 1560. The van der Waals surface area contributed by atoms with E-state index in [9.17, 15) is 10.2 Å². The van der Waals surface area contributed by atoms with Crippen molar-refractivity contribution in [1.29, 1.82) is 0 Å².